The SMILES string of the molecule is O=C(N1CCCCC1)N1CCN(c2cc(-c3ccccc3)ncn2)CC1. The number of nitrogens with zero attached hydrogens (tertiary/aromatic N) is 5. The van der Waals surface area contributed by atoms with Gasteiger partial charge in [0.2, 0.25) is 0 Å². The van der Waals surface area contributed by atoms with Crippen molar-refractivity contribution in [1.29, 1.82) is 0 Å². The van der Waals surface area contributed by atoms with Gasteiger partial charge in [0.25, 0.3) is 0 Å². The highest BCUT2D eigenvalue weighted by Gasteiger charge is 2.26. The van der Waals surface area contributed by atoms with E-state index in [0.717, 1.165) is 69.2 Å². The van der Waals surface area contributed by atoms with Crippen LogP contribution in [-0.2, 0) is 0 Å². The van der Waals surface area contributed by atoms with Gasteiger partial charge in [0, 0.05) is 50.9 Å². The molecule has 0 saturated carbocycles. The van der Waals surface area contributed by atoms with Crippen molar-refractivity contribution < 1.29 is 4.79 Å². The number of carbonyl (C=O) groups excluding carboxylic acids is 1. The Morgan fingerprint density at radius 3 is 2.23 bits per heavy atom. The average molecular weight is 351 g/mol. The number of hydrogen-bond acceptors (Lipinski definition) is 4. The molecule has 2 fully saturated rings. The van der Waals surface area contributed by atoms with Crippen LogP contribution >= 0.6 is 0 Å². The first-order valence-electron chi connectivity index (χ1n) is 9.47. The summed E-state index contributed by atoms with van der Waals surface area (Å²) in [6.45, 7) is 4.94. The van der Waals surface area contributed by atoms with E-state index in [1.54, 1.807) is 6.33 Å². The van der Waals surface area contributed by atoms with E-state index in [2.05, 4.69) is 27.0 Å². The topological polar surface area (TPSA) is 52.6 Å². The summed E-state index contributed by atoms with van der Waals surface area (Å²) in [6.07, 6.45) is 5.14. The van der Waals surface area contributed by atoms with E-state index in [-0.39, 0.29) is 6.03 Å². The molecule has 2 aliphatic heterocycles. The molecule has 0 unspecified atom stereocenters. The average Bonchev–Trinajstić information content (AvgIpc) is 2.75. The molecule has 26 heavy (non-hydrogen) atoms. The van der Waals surface area contributed by atoms with Gasteiger partial charge in [-0.3, -0.25) is 0 Å². The van der Waals surface area contributed by atoms with Gasteiger partial charge in [-0.25, -0.2) is 14.8 Å². The molecule has 2 amide bonds. The summed E-state index contributed by atoms with van der Waals surface area (Å²) in [4.78, 5) is 27.7. The Hall–Kier alpha value is -2.63. The molecule has 0 radical (unpaired) electrons. The van der Waals surface area contributed by atoms with Crippen molar-refractivity contribution in [3.05, 3.63) is 42.7 Å². The molecule has 6 heteroatoms. The van der Waals surface area contributed by atoms with Crippen LogP contribution in [0.2, 0.25) is 0 Å². The molecule has 1 aromatic heterocycles. The highest BCUT2D eigenvalue weighted by Crippen LogP contribution is 2.21. The summed E-state index contributed by atoms with van der Waals surface area (Å²) in [5.74, 6) is 0.934. The minimum absolute atomic E-state index is 0.206. The van der Waals surface area contributed by atoms with Crippen LogP contribution in [0, 0.1) is 0 Å². The maximum Gasteiger partial charge on any atom is 0.320 e. The van der Waals surface area contributed by atoms with E-state index in [9.17, 15) is 4.79 Å². The Kier molecular flexibility index (Phi) is 5.00. The highest BCUT2D eigenvalue weighted by atomic mass is 16.2. The van der Waals surface area contributed by atoms with Crippen molar-refractivity contribution in [3.8, 4) is 11.3 Å². The molecule has 2 saturated heterocycles. The number of benzene rings is 1. The summed E-state index contributed by atoms with van der Waals surface area (Å²) in [7, 11) is 0. The molecular formula is C20H25N5O. The van der Waals surface area contributed by atoms with E-state index >= 15 is 0 Å². The first-order chi connectivity index (χ1) is 12.8. The predicted octanol–water partition coefficient (Wildman–Crippen LogP) is 2.87. The zero-order chi connectivity index (χ0) is 17.8. The van der Waals surface area contributed by atoms with Crippen molar-refractivity contribution in [2.24, 2.45) is 0 Å². The molecule has 136 valence electrons. The monoisotopic (exact) mass is 351 g/mol. The zero-order valence-corrected chi connectivity index (χ0v) is 15.0. The number of aromatic nitrogens is 2. The maximum absolute atomic E-state index is 12.6. The van der Waals surface area contributed by atoms with E-state index in [4.69, 9.17) is 0 Å². The van der Waals surface area contributed by atoms with Crippen LogP contribution in [0.15, 0.2) is 42.7 Å². The number of piperidine rings is 1. The zero-order valence-electron chi connectivity index (χ0n) is 15.0. The van der Waals surface area contributed by atoms with Crippen molar-refractivity contribution in [2.75, 3.05) is 44.2 Å². The van der Waals surface area contributed by atoms with Gasteiger partial charge >= 0.3 is 6.03 Å². The molecule has 0 N–H and O–H groups in total. The van der Waals surface area contributed by atoms with Gasteiger partial charge in [0.1, 0.15) is 12.1 Å². The summed E-state index contributed by atoms with van der Waals surface area (Å²) in [6, 6.07) is 12.4. The number of anilines is 1. The largest absolute Gasteiger partial charge is 0.353 e. The molecule has 1 aromatic carbocycles. The fourth-order valence-corrected chi connectivity index (χ4v) is 3.70. The lowest BCUT2D eigenvalue weighted by atomic mass is 10.1. The number of urea groups is 1. The Morgan fingerprint density at radius 1 is 0.808 bits per heavy atom. The third-order valence-corrected chi connectivity index (χ3v) is 5.22. The van der Waals surface area contributed by atoms with Gasteiger partial charge in [-0.05, 0) is 19.3 Å². The van der Waals surface area contributed by atoms with Gasteiger partial charge in [-0.2, -0.15) is 0 Å². The predicted molar refractivity (Wildman–Crippen MR) is 102 cm³/mol. The standard InChI is InChI=1S/C20H25N5O/c26-20(24-9-5-2-6-10-24)25-13-11-23(12-14-25)19-15-18(21-16-22-19)17-7-3-1-4-8-17/h1,3-4,7-8,15-16H,2,5-6,9-14H2. The summed E-state index contributed by atoms with van der Waals surface area (Å²) >= 11 is 0. The second kappa shape index (κ2) is 7.72. The fraction of sp³-hybridized carbons (Fsp3) is 0.450. The first kappa shape index (κ1) is 16.8. The molecule has 0 spiro atoms. The molecule has 6 nitrogen and oxygen atoms in total. The summed E-state index contributed by atoms with van der Waals surface area (Å²) in [5, 5.41) is 0. The Morgan fingerprint density at radius 2 is 1.50 bits per heavy atom. The number of hydrogen-bond donors (Lipinski definition) is 0. The third-order valence-electron chi connectivity index (χ3n) is 5.22. The van der Waals surface area contributed by atoms with Crippen LogP contribution in [0.25, 0.3) is 11.3 Å². The van der Waals surface area contributed by atoms with E-state index in [1.807, 2.05) is 34.1 Å². The summed E-state index contributed by atoms with van der Waals surface area (Å²) < 4.78 is 0. The Labute approximate surface area is 154 Å². The van der Waals surface area contributed by atoms with Crippen LogP contribution in [0.4, 0.5) is 10.6 Å². The molecule has 0 aliphatic carbocycles. The smallest absolute Gasteiger partial charge is 0.320 e. The molecule has 0 bridgehead atoms. The minimum Gasteiger partial charge on any atom is -0.353 e. The highest BCUT2D eigenvalue weighted by molar-refractivity contribution is 5.75. The fourth-order valence-electron chi connectivity index (χ4n) is 3.70. The molecule has 2 aliphatic rings. The molecule has 0 atom stereocenters. The molecule has 3 heterocycles. The first-order valence-corrected chi connectivity index (χ1v) is 9.47. The third kappa shape index (κ3) is 3.64. The van der Waals surface area contributed by atoms with Crippen molar-refractivity contribution in [1.82, 2.24) is 19.8 Å². The molecule has 2 aromatic rings. The van der Waals surface area contributed by atoms with Gasteiger partial charge in [0.05, 0.1) is 5.69 Å². The summed E-state index contributed by atoms with van der Waals surface area (Å²) in [5.41, 5.74) is 2.03. The van der Waals surface area contributed by atoms with Crippen LogP contribution in [0.1, 0.15) is 19.3 Å². The number of rotatable bonds is 2. The van der Waals surface area contributed by atoms with Crippen molar-refractivity contribution in [3.63, 3.8) is 0 Å². The Balaban J connectivity index is 1.39. The van der Waals surface area contributed by atoms with Crippen LogP contribution in [0.3, 0.4) is 0 Å². The number of piperazine rings is 1. The van der Waals surface area contributed by atoms with E-state index in [1.165, 1.54) is 6.42 Å². The minimum atomic E-state index is 0.206. The normalized spacial score (nSPS) is 18.1. The van der Waals surface area contributed by atoms with Gasteiger partial charge in [-0.1, -0.05) is 30.3 Å². The quantitative estimate of drug-likeness (QED) is 0.835. The lowest BCUT2D eigenvalue weighted by Crippen LogP contribution is -2.53. The molecular weight excluding hydrogens is 326 g/mol. The second-order valence-electron chi connectivity index (χ2n) is 6.93. The van der Waals surface area contributed by atoms with Crippen molar-refractivity contribution in [2.45, 2.75) is 19.3 Å². The van der Waals surface area contributed by atoms with Crippen LogP contribution < -0.4 is 4.90 Å². The van der Waals surface area contributed by atoms with Crippen LogP contribution in [-0.4, -0.2) is 65.1 Å². The second-order valence-corrected chi connectivity index (χ2v) is 6.93. The van der Waals surface area contributed by atoms with Gasteiger partial charge < -0.3 is 14.7 Å². The van der Waals surface area contributed by atoms with Gasteiger partial charge in [0.15, 0.2) is 0 Å². The maximum atomic E-state index is 12.6. The van der Waals surface area contributed by atoms with Crippen LogP contribution in [0.5, 0.6) is 0 Å². The van der Waals surface area contributed by atoms with Crippen molar-refractivity contribution >= 4 is 11.8 Å². The lowest BCUT2D eigenvalue weighted by molar-refractivity contribution is 0.141. The Bertz CT molecular complexity index is 737. The molecule has 4 rings (SSSR count). The number of carbonyl (C=O) groups is 1. The van der Waals surface area contributed by atoms with E-state index < -0.39 is 0 Å². The number of likely N-dealkylation sites (tertiary alicyclic amines) is 1. The lowest BCUT2D eigenvalue weighted by Gasteiger charge is -2.39. The van der Waals surface area contributed by atoms with Gasteiger partial charge in [-0.15, -0.1) is 0 Å². The number of amides is 2. The van der Waals surface area contributed by atoms with E-state index in [0.29, 0.717) is 0 Å².